The van der Waals surface area contributed by atoms with Crippen LogP contribution in [-0.2, 0) is 0 Å². The van der Waals surface area contributed by atoms with Crippen LogP contribution < -0.4 is 11.5 Å². The quantitative estimate of drug-likeness (QED) is 0.567. The highest BCUT2D eigenvalue weighted by Crippen LogP contribution is 2.00. The summed E-state index contributed by atoms with van der Waals surface area (Å²) in [7, 11) is 0. The molecule has 0 radical (unpaired) electrons. The summed E-state index contributed by atoms with van der Waals surface area (Å²) in [6, 6.07) is 1.29. The van der Waals surface area contributed by atoms with Gasteiger partial charge in [-0.1, -0.05) is 0 Å². The Labute approximate surface area is 67.6 Å². The van der Waals surface area contributed by atoms with Crippen LogP contribution in [0.1, 0.15) is 20.8 Å². The number of nitrogens with two attached hydrogens (primary N) is 2. The van der Waals surface area contributed by atoms with Crippen LogP contribution in [0, 0.1) is 0 Å². The van der Waals surface area contributed by atoms with Gasteiger partial charge < -0.3 is 11.5 Å². The molecule has 62 valence electrons. The monoisotopic (exact) mass is 166 g/mol. The van der Waals surface area contributed by atoms with Crippen molar-refractivity contribution in [2.75, 3.05) is 0 Å². The fourth-order valence-electron chi connectivity index (χ4n) is 0.713. The fraction of sp³-hybridized carbons (Fsp3) is 0. The van der Waals surface area contributed by atoms with Crippen LogP contribution in [0.3, 0.4) is 0 Å². The molecule has 0 fully saturated rings. The maximum atomic E-state index is 10.7. The van der Waals surface area contributed by atoms with Gasteiger partial charge in [0, 0.05) is 0 Å². The summed E-state index contributed by atoms with van der Waals surface area (Å²) in [6.45, 7) is 0. The van der Waals surface area contributed by atoms with Crippen molar-refractivity contribution in [2.45, 2.75) is 0 Å². The lowest BCUT2D eigenvalue weighted by molar-refractivity contribution is 0.0962. The minimum Gasteiger partial charge on any atom is -0.366 e. The third-order valence-corrected chi connectivity index (χ3v) is 1.22. The summed E-state index contributed by atoms with van der Waals surface area (Å²) in [6.07, 6.45) is 1.26. The van der Waals surface area contributed by atoms with Gasteiger partial charge in [-0.15, -0.1) is 5.10 Å². The first-order chi connectivity index (χ1) is 5.63. The van der Waals surface area contributed by atoms with Gasteiger partial charge in [0.15, 0.2) is 5.69 Å². The van der Waals surface area contributed by atoms with Gasteiger partial charge in [0.2, 0.25) is 0 Å². The van der Waals surface area contributed by atoms with Crippen LogP contribution in [-0.4, -0.2) is 22.0 Å². The normalized spacial score (nSPS) is 9.33. The second-order valence-electron chi connectivity index (χ2n) is 2.02. The topological polar surface area (TPSA) is 112 Å². The molecular formula is C6H6N4O2. The summed E-state index contributed by atoms with van der Waals surface area (Å²) >= 11 is 0. The van der Waals surface area contributed by atoms with Gasteiger partial charge in [-0.05, 0) is 6.07 Å². The van der Waals surface area contributed by atoms with Crippen molar-refractivity contribution in [3.63, 3.8) is 0 Å². The molecule has 6 nitrogen and oxygen atoms in total. The number of aromatic nitrogens is 2. The Kier molecular flexibility index (Phi) is 2.00. The molecule has 6 heteroatoms. The van der Waals surface area contributed by atoms with Crippen molar-refractivity contribution in [1.29, 1.82) is 0 Å². The van der Waals surface area contributed by atoms with Crippen molar-refractivity contribution in [2.24, 2.45) is 11.5 Å². The molecule has 1 heterocycles. The fourth-order valence-corrected chi connectivity index (χ4v) is 0.713. The Bertz CT molecular complexity index is 303. The molecule has 0 unspecified atom stereocenters. The van der Waals surface area contributed by atoms with Crippen molar-refractivity contribution >= 4 is 11.8 Å². The smallest absolute Gasteiger partial charge is 0.270 e. The van der Waals surface area contributed by atoms with E-state index in [0.717, 1.165) is 0 Å². The van der Waals surface area contributed by atoms with Crippen LogP contribution in [0.25, 0.3) is 0 Å². The Morgan fingerprint density at radius 1 is 1.25 bits per heavy atom. The SMILES string of the molecule is NC(=O)c1ccnnc1C(N)=O. The number of primary amides is 2. The molecule has 0 aromatic carbocycles. The van der Waals surface area contributed by atoms with Crippen molar-refractivity contribution < 1.29 is 9.59 Å². The maximum Gasteiger partial charge on any atom is 0.270 e. The number of carbonyl (C=O) groups is 2. The van der Waals surface area contributed by atoms with E-state index in [0.29, 0.717) is 0 Å². The molecule has 2 amide bonds. The van der Waals surface area contributed by atoms with Crippen LogP contribution >= 0.6 is 0 Å². The summed E-state index contributed by atoms with van der Waals surface area (Å²) in [5.74, 6) is -1.57. The van der Waals surface area contributed by atoms with Gasteiger partial charge in [-0.3, -0.25) is 9.59 Å². The predicted molar refractivity (Wildman–Crippen MR) is 39.1 cm³/mol. The largest absolute Gasteiger partial charge is 0.366 e. The summed E-state index contributed by atoms with van der Waals surface area (Å²) in [4.78, 5) is 21.3. The van der Waals surface area contributed by atoms with Crippen molar-refractivity contribution in [3.8, 4) is 0 Å². The summed E-state index contributed by atoms with van der Waals surface area (Å²) in [5, 5.41) is 6.76. The van der Waals surface area contributed by atoms with Crippen LogP contribution in [0.2, 0.25) is 0 Å². The van der Waals surface area contributed by atoms with E-state index in [2.05, 4.69) is 10.2 Å². The van der Waals surface area contributed by atoms with E-state index in [9.17, 15) is 9.59 Å². The molecule has 0 saturated carbocycles. The third-order valence-electron chi connectivity index (χ3n) is 1.22. The lowest BCUT2D eigenvalue weighted by Gasteiger charge is -1.97. The Morgan fingerprint density at radius 3 is 2.33 bits per heavy atom. The number of amides is 2. The average Bonchev–Trinajstić information content (AvgIpc) is 2.04. The average molecular weight is 166 g/mol. The number of hydrogen-bond donors (Lipinski definition) is 2. The van der Waals surface area contributed by atoms with Gasteiger partial charge >= 0.3 is 0 Å². The molecule has 0 saturated heterocycles. The molecule has 0 aliphatic heterocycles. The molecule has 0 atom stereocenters. The molecule has 12 heavy (non-hydrogen) atoms. The van der Waals surface area contributed by atoms with E-state index >= 15 is 0 Å². The molecule has 0 spiro atoms. The molecule has 1 rings (SSSR count). The molecule has 0 aliphatic rings. The number of hydrogen-bond acceptors (Lipinski definition) is 4. The second kappa shape index (κ2) is 2.95. The summed E-state index contributed by atoms with van der Waals surface area (Å²) < 4.78 is 0. The molecule has 0 aliphatic carbocycles. The number of carbonyl (C=O) groups excluding carboxylic acids is 2. The van der Waals surface area contributed by atoms with Gasteiger partial charge in [-0.2, -0.15) is 5.10 Å². The molecule has 1 aromatic heterocycles. The highest BCUT2D eigenvalue weighted by Gasteiger charge is 2.13. The van der Waals surface area contributed by atoms with Gasteiger partial charge in [-0.25, -0.2) is 0 Å². The lowest BCUT2D eigenvalue weighted by Crippen LogP contribution is -2.22. The standard InChI is InChI=1S/C6H6N4O2/c7-5(11)3-1-2-9-10-4(3)6(8)12/h1-2H,(H2,7,11)(H2,8,12). The van der Waals surface area contributed by atoms with Crippen molar-refractivity contribution in [1.82, 2.24) is 10.2 Å². The highest BCUT2D eigenvalue weighted by molar-refractivity contribution is 6.04. The van der Waals surface area contributed by atoms with E-state index in [4.69, 9.17) is 11.5 Å². The minimum atomic E-state index is -0.822. The van der Waals surface area contributed by atoms with Gasteiger partial charge in [0.05, 0.1) is 11.8 Å². The van der Waals surface area contributed by atoms with E-state index in [-0.39, 0.29) is 11.3 Å². The zero-order valence-corrected chi connectivity index (χ0v) is 6.02. The summed E-state index contributed by atoms with van der Waals surface area (Å²) in [5.41, 5.74) is 9.62. The molecule has 0 bridgehead atoms. The Balaban J connectivity index is 3.27. The van der Waals surface area contributed by atoms with Crippen LogP contribution in [0.5, 0.6) is 0 Å². The first-order valence-electron chi connectivity index (χ1n) is 3.04. The zero-order valence-electron chi connectivity index (χ0n) is 6.02. The first-order valence-corrected chi connectivity index (χ1v) is 3.04. The molecule has 1 aromatic rings. The van der Waals surface area contributed by atoms with Crippen LogP contribution in [0.4, 0.5) is 0 Å². The Hall–Kier alpha value is -1.98. The third kappa shape index (κ3) is 1.36. The van der Waals surface area contributed by atoms with Gasteiger partial charge in [0.1, 0.15) is 0 Å². The highest BCUT2D eigenvalue weighted by atomic mass is 16.2. The van der Waals surface area contributed by atoms with Crippen molar-refractivity contribution in [3.05, 3.63) is 23.5 Å². The van der Waals surface area contributed by atoms with Gasteiger partial charge in [0.25, 0.3) is 11.8 Å². The van der Waals surface area contributed by atoms with E-state index in [1.807, 2.05) is 0 Å². The van der Waals surface area contributed by atoms with Crippen LogP contribution in [0.15, 0.2) is 12.3 Å². The van der Waals surface area contributed by atoms with E-state index in [1.165, 1.54) is 12.3 Å². The first kappa shape index (κ1) is 8.12. The zero-order chi connectivity index (χ0) is 9.14. The van der Waals surface area contributed by atoms with E-state index < -0.39 is 11.8 Å². The second-order valence-corrected chi connectivity index (χ2v) is 2.02. The number of nitrogens with zero attached hydrogens (tertiary/aromatic N) is 2. The lowest BCUT2D eigenvalue weighted by atomic mass is 10.2. The maximum absolute atomic E-state index is 10.7. The minimum absolute atomic E-state index is 0.0162. The van der Waals surface area contributed by atoms with E-state index in [1.54, 1.807) is 0 Å². The molecular weight excluding hydrogens is 160 g/mol. The Morgan fingerprint density at radius 2 is 1.92 bits per heavy atom. The molecule has 4 N–H and O–H groups in total. The number of rotatable bonds is 2. The predicted octanol–water partition coefficient (Wildman–Crippen LogP) is -1.33.